The molecule has 1 aliphatic rings. The van der Waals surface area contributed by atoms with Crippen LogP contribution in [0.4, 0.5) is 0 Å². The van der Waals surface area contributed by atoms with Crippen molar-refractivity contribution in [2.75, 3.05) is 31.1 Å². The van der Waals surface area contributed by atoms with Crippen molar-refractivity contribution in [2.24, 2.45) is 11.7 Å². The van der Waals surface area contributed by atoms with Gasteiger partial charge in [0, 0.05) is 32.1 Å². The molecule has 0 aromatic heterocycles. The summed E-state index contributed by atoms with van der Waals surface area (Å²) in [5.74, 6) is 2.47. The molecule has 1 rings (SSSR count). The Bertz CT molecular complexity index is 356. The highest BCUT2D eigenvalue weighted by molar-refractivity contribution is 7.99. The Kier molecular flexibility index (Phi) is 12.6. The molecule has 1 saturated heterocycles. The number of nitrogens with zero attached hydrogens (tertiary/aromatic N) is 1. The van der Waals surface area contributed by atoms with Gasteiger partial charge in [-0.05, 0) is 37.4 Å². The molecule has 1 heterocycles. The Balaban J connectivity index is 0.00000484. The average Bonchev–Trinajstić information content (AvgIpc) is 2.49. The predicted octanol–water partition coefficient (Wildman–Crippen LogP) is 2.03. The van der Waals surface area contributed by atoms with E-state index < -0.39 is 0 Å². The Labute approximate surface area is 150 Å². The number of carbonyl (C=O) groups excluding carboxylic acids is 2. The molecule has 1 unspecified atom stereocenters. The molecule has 1 atom stereocenters. The van der Waals surface area contributed by atoms with Crippen LogP contribution in [0.2, 0.25) is 0 Å². The summed E-state index contributed by atoms with van der Waals surface area (Å²) in [4.78, 5) is 25.9. The van der Waals surface area contributed by atoms with Crippen LogP contribution in [0.1, 0.15) is 46.0 Å². The first kappa shape index (κ1) is 22.5. The second-order valence-corrected chi connectivity index (χ2v) is 7.42. The van der Waals surface area contributed by atoms with Gasteiger partial charge in [0.2, 0.25) is 11.8 Å². The van der Waals surface area contributed by atoms with Gasteiger partial charge in [-0.3, -0.25) is 9.59 Å². The van der Waals surface area contributed by atoms with Gasteiger partial charge in [0.1, 0.15) is 0 Å². The highest BCUT2D eigenvalue weighted by Crippen LogP contribution is 2.18. The third kappa shape index (κ3) is 9.42. The molecule has 2 amide bonds. The van der Waals surface area contributed by atoms with E-state index in [1.54, 1.807) is 11.8 Å². The number of thioether (sulfide) groups is 1. The maximum absolute atomic E-state index is 12.4. The number of piperidine rings is 1. The van der Waals surface area contributed by atoms with Gasteiger partial charge in [-0.2, -0.15) is 11.8 Å². The number of carbonyl (C=O) groups is 2. The molecule has 7 heteroatoms. The monoisotopic (exact) mass is 365 g/mol. The first-order valence-electron chi connectivity index (χ1n) is 8.38. The summed E-state index contributed by atoms with van der Waals surface area (Å²) in [6, 6.07) is 0.147. The van der Waals surface area contributed by atoms with Crippen molar-refractivity contribution in [1.29, 1.82) is 0 Å². The van der Waals surface area contributed by atoms with Gasteiger partial charge in [0.05, 0.1) is 5.75 Å². The molecular weight excluding hydrogens is 334 g/mol. The smallest absolute Gasteiger partial charge is 0.232 e. The second-order valence-electron chi connectivity index (χ2n) is 6.31. The van der Waals surface area contributed by atoms with Gasteiger partial charge < -0.3 is 16.0 Å². The van der Waals surface area contributed by atoms with Gasteiger partial charge in [0.15, 0.2) is 0 Å². The van der Waals surface area contributed by atoms with E-state index in [1.807, 2.05) is 4.90 Å². The lowest BCUT2D eigenvalue weighted by Gasteiger charge is -2.36. The van der Waals surface area contributed by atoms with E-state index in [0.29, 0.717) is 31.2 Å². The Hall–Kier alpha value is -0.460. The number of nitrogens with one attached hydrogen (secondary N) is 1. The molecule has 0 spiro atoms. The Morgan fingerprint density at radius 2 is 2.09 bits per heavy atom. The number of rotatable bonds is 9. The number of nitrogens with two attached hydrogens (primary N) is 1. The van der Waals surface area contributed by atoms with Gasteiger partial charge in [-0.1, -0.05) is 13.8 Å². The molecule has 0 saturated carbocycles. The van der Waals surface area contributed by atoms with Crippen LogP contribution in [0.25, 0.3) is 0 Å². The highest BCUT2D eigenvalue weighted by Gasteiger charge is 2.26. The van der Waals surface area contributed by atoms with Crippen LogP contribution in [0.5, 0.6) is 0 Å². The maximum atomic E-state index is 12.4. The van der Waals surface area contributed by atoms with E-state index in [4.69, 9.17) is 5.73 Å². The van der Waals surface area contributed by atoms with E-state index in [1.165, 1.54) is 0 Å². The second kappa shape index (κ2) is 12.9. The lowest BCUT2D eigenvalue weighted by Crippen LogP contribution is -2.50. The van der Waals surface area contributed by atoms with E-state index in [9.17, 15) is 9.59 Å². The molecule has 1 fully saturated rings. The molecule has 136 valence electrons. The number of likely N-dealkylation sites (tertiary alicyclic amines) is 1. The average molecular weight is 366 g/mol. The third-order valence-corrected chi connectivity index (χ3v) is 4.89. The Morgan fingerprint density at radius 3 is 2.74 bits per heavy atom. The Morgan fingerprint density at radius 1 is 1.35 bits per heavy atom. The molecule has 5 nitrogen and oxygen atoms in total. The fourth-order valence-corrected chi connectivity index (χ4v) is 3.68. The molecule has 0 radical (unpaired) electrons. The number of amides is 2. The first-order chi connectivity index (χ1) is 10.5. The van der Waals surface area contributed by atoms with Crippen LogP contribution in [0.3, 0.4) is 0 Å². The molecule has 0 bridgehead atoms. The van der Waals surface area contributed by atoms with Crippen molar-refractivity contribution < 1.29 is 9.59 Å². The normalized spacial score (nSPS) is 17.7. The minimum atomic E-state index is -0.0215. The van der Waals surface area contributed by atoms with Crippen molar-refractivity contribution in [1.82, 2.24) is 10.2 Å². The zero-order valence-corrected chi connectivity index (χ0v) is 16.0. The van der Waals surface area contributed by atoms with Crippen LogP contribution < -0.4 is 11.1 Å². The van der Waals surface area contributed by atoms with Crippen molar-refractivity contribution in [3.8, 4) is 0 Å². The summed E-state index contributed by atoms with van der Waals surface area (Å²) >= 11 is 1.72. The van der Waals surface area contributed by atoms with Crippen LogP contribution in [-0.4, -0.2) is 53.9 Å². The van der Waals surface area contributed by atoms with E-state index >= 15 is 0 Å². The highest BCUT2D eigenvalue weighted by atomic mass is 35.5. The summed E-state index contributed by atoms with van der Waals surface area (Å²) in [5.41, 5.74) is 5.37. The minimum absolute atomic E-state index is 0. The zero-order valence-electron chi connectivity index (χ0n) is 14.4. The van der Waals surface area contributed by atoms with Crippen molar-refractivity contribution in [3.63, 3.8) is 0 Å². The summed E-state index contributed by atoms with van der Waals surface area (Å²) < 4.78 is 0. The minimum Gasteiger partial charge on any atom is -0.354 e. The van der Waals surface area contributed by atoms with Gasteiger partial charge in [-0.15, -0.1) is 12.4 Å². The summed E-state index contributed by atoms with van der Waals surface area (Å²) in [5, 5.41) is 2.90. The van der Waals surface area contributed by atoms with Crippen molar-refractivity contribution in [3.05, 3.63) is 0 Å². The van der Waals surface area contributed by atoms with Gasteiger partial charge in [0.25, 0.3) is 0 Å². The largest absolute Gasteiger partial charge is 0.354 e. The molecular formula is C16H32ClN3O2S. The summed E-state index contributed by atoms with van der Waals surface area (Å²) in [6.07, 6.45) is 4.67. The van der Waals surface area contributed by atoms with E-state index in [-0.39, 0.29) is 30.3 Å². The van der Waals surface area contributed by atoms with E-state index in [0.717, 1.165) is 38.0 Å². The number of hydrogen-bond acceptors (Lipinski definition) is 4. The van der Waals surface area contributed by atoms with Crippen LogP contribution in [-0.2, 0) is 9.59 Å². The molecule has 0 aromatic rings. The van der Waals surface area contributed by atoms with Crippen LogP contribution in [0.15, 0.2) is 0 Å². The first-order valence-corrected chi connectivity index (χ1v) is 9.54. The molecule has 3 N–H and O–H groups in total. The van der Waals surface area contributed by atoms with Crippen LogP contribution in [0, 0.1) is 5.92 Å². The fraction of sp³-hybridized carbons (Fsp3) is 0.875. The third-order valence-electron chi connectivity index (χ3n) is 3.92. The number of halogens is 1. The lowest BCUT2D eigenvalue weighted by molar-refractivity contribution is -0.132. The molecule has 1 aliphatic heterocycles. The topological polar surface area (TPSA) is 75.4 Å². The summed E-state index contributed by atoms with van der Waals surface area (Å²) in [6.45, 7) is 6.15. The van der Waals surface area contributed by atoms with E-state index in [2.05, 4.69) is 19.2 Å². The molecule has 23 heavy (non-hydrogen) atoms. The quantitative estimate of drug-likeness (QED) is 0.613. The SMILES string of the molecule is CC(C)CCSCC(=O)N1CCCCC1CNC(=O)CCN.Cl. The van der Waals surface area contributed by atoms with Gasteiger partial charge in [-0.25, -0.2) is 0 Å². The maximum Gasteiger partial charge on any atom is 0.232 e. The fourth-order valence-electron chi connectivity index (χ4n) is 2.55. The predicted molar refractivity (Wildman–Crippen MR) is 100 cm³/mol. The molecule has 0 aromatic carbocycles. The lowest BCUT2D eigenvalue weighted by atomic mass is 10.0. The zero-order chi connectivity index (χ0) is 16.4. The van der Waals surface area contributed by atoms with Crippen LogP contribution >= 0.6 is 24.2 Å². The summed E-state index contributed by atoms with van der Waals surface area (Å²) in [7, 11) is 0. The molecule has 0 aliphatic carbocycles. The number of hydrogen-bond donors (Lipinski definition) is 2. The van der Waals surface area contributed by atoms with Crippen molar-refractivity contribution >= 4 is 36.0 Å². The van der Waals surface area contributed by atoms with Gasteiger partial charge >= 0.3 is 0 Å². The van der Waals surface area contributed by atoms with Crippen molar-refractivity contribution in [2.45, 2.75) is 52.0 Å². The standard InChI is InChI=1S/C16H31N3O2S.ClH/c1-13(2)7-10-22-12-16(21)19-9-4-3-5-14(19)11-18-15(20)6-8-17;/h13-14H,3-12,17H2,1-2H3,(H,18,20);1H.